The summed E-state index contributed by atoms with van der Waals surface area (Å²) in [4.78, 5) is 20.3. The number of rotatable bonds is 8. The summed E-state index contributed by atoms with van der Waals surface area (Å²) < 4.78 is 11.1. The number of ether oxygens (including phenoxy) is 2. The van der Waals surface area contributed by atoms with E-state index in [9.17, 15) is 4.79 Å². The summed E-state index contributed by atoms with van der Waals surface area (Å²) in [6.07, 6.45) is 5.42. The number of carbonyl (C=O) groups is 1. The number of nitrogens with one attached hydrogen (secondary N) is 1. The number of amides is 1. The molecule has 7 heteroatoms. The minimum Gasteiger partial charge on any atom is -0.501 e. The first-order chi connectivity index (χ1) is 18.5. The molecular formula is C31H40N4O3. The minimum atomic E-state index is 0.148. The van der Waals surface area contributed by atoms with Crippen molar-refractivity contribution in [2.24, 2.45) is 0 Å². The van der Waals surface area contributed by atoms with Crippen LogP contribution in [0.2, 0.25) is 0 Å². The predicted octanol–water partition coefficient (Wildman–Crippen LogP) is 4.28. The maximum Gasteiger partial charge on any atom is 0.230 e. The topological polar surface area (TPSA) is 57.3 Å². The van der Waals surface area contributed by atoms with Crippen molar-refractivity contribution in [3.8, 4) is 5.75 Å². The fraction of sp³-hybridized carbons (Fsp3) is 0.452. The van der Waals surface area contributed by atoms with Crippen LogP contribution in [0.5, 0.6) is 5.75 Å². The van der Waals surface area contributed by atoms with Crippen LogP contribution in [-0.4, -0.2) is 80.6 Å². The van der Waals surface area contributed by atoms with Crippen LogP contribution in [0.25, 0.3) is 0 Å². The highest BCUT2D eigenvalue weighted by Crippen LogP contribution is 2.38. The van der Waals surface area contributed by atoms with Crippen molar-refractivity contribution in [3.63, 3.8) is 0 Å². The molecule has 0 spiro atoms. The van der Waals surface area contributed by atoms with Gasteiger partial charge in [-0.05, 0) is 66.4 Å². The third-order valence-corrected chi connectivity index (χ3v) is 8.07. The summed E-state index contributed by atoms with van der Waals surface area (Å²) in [6.45, 7) is 5.74. The highest BCUT2D eigenvalue weighted by atomic mass is 16.5. The van der Waals surface area contributed by atoms with E-state index in [2.05, 4.69) is 34.4 Å². The van der Waals surface area contributed by atoms with Gasteiger partial charge in [0.15, 0.2) is 0 Å². The van der Waals surface area contributed by atoms with Gasteiger partial charge in [-0.15, -0.1) is 0 Å². The lowest BCUT2D eigenvalue weighted by atomic mass is 9.83. The number of hydrogen-bond acceptors (Lipinski definition) is 6. The lowest BCUT2D eigenvalue weighted by molar-refractivity contribution is -0.128. The summed E-state index contributed by atoms with van der Waals surface area (Å²) in [5, 5.41) is 3.45. The Morgan fingerprint density at radius 2 is 1.74 bits per heavy atom. The van der Waals surface area contributed by atoms with Crippen LogP contribution in [0.3, 0.4) is 0 Å². The molecule has 0 bridgehead atoms. The van der Waals surface area contributed by atoms with Crippen molar-refractivity contribution >= 4 is 11.6 Å². The molecule has 1 atom stereocenters. The van der Waals surface area contributed by atoms with Crippen molar-refractivity contribution in [2.45, 2.75) is 38.3 Å². The molecule has 38 heavy (non-hydrogen) atoms. The molecule has 7 nitrogen and oxygen atoms in total. The van der Waals surface area contributed by atoms with Crippen molar-refractivity contribution < 1.29 is 14.3 Å². The average Bonchev–Trinajstić information content (AvgIpc) is 2.96. The van der Waals surface area contributed by atoms with Crippen LogP contribution < -0.4 is 10.1 Å². The van der Waals surface area contributed by atoms with Gasteiger partial charge in [0.05, 0.1) is 26.4 Å². The molecule has 2 aliphatic heterocycles. The van der Waals surface area contributed by atoms with Gasteiger partial charge in [-0.25, -0.2) is 0 Å². The van der Waals surface area contributed by atoms with Crippen LogP contribution in [0.15, 0.2) is 71.6 Å². The molecule has 1 saturated heterocycles. The van der Waals surface area contributed by atoms with E-state index in [1.807, 2.05) is 47.4 Å². The number of hydrogen-bond donors (Lipinski definition) is 1. The number of likely N-dealkylation sites (N-methyl/N-ethyl adjacent to an activating group) is 1. The highest BCUT2D eigenvalue weighted by Gasteiger charge is 2.35. The Labute approximate surface area is 226 Å². The van der Waals surface area contributed by atoms with E-state index in [4.69, 9.17) is 9.47 Å². The number of allylic oxidation sites excluding steroid dienone is 1. The van der Waals surface area contributed by atoms with Gasteiger partial charge in [0, 0.05) is 63.6 Å². The molecule has 2 aromatic rings. The number of fused-ring (bicyclic) bond motifs is 1. The molecule has 2 heterocycles. The number of benzene rings is 2. The molecule has 1 aliphatic carbocycles. The van der Waals surface area contributed by atoms with Gasteiger partial charge in [0.1, 0.15) is 5.75 Å². The third-order valence-electron chi connectivity index (χ3n) is 8.07. The second kappa shape index (κ2) is 12.0. The maximum atomic E-state index is 13.4. The molecular weight excluding hydrogens is 476 g/mol. The standard InChI is InChI=1S/C31H40N4O3/c1-33-15-17-34(18-16-33)29-11-12-30(38-3)27-13-14-35(22-28(27)29)31(36)20-23-7-9-25(10-8-23)32-21-24-5-4-6-26(19-24)37-2/h4-10,19,22,29,32H,11-18,20-21H2,1-3H3. The van der Waals surface area contributed by atoms with E-state index in [0.717, 1.165) is 73.8 Å². The Kier molecular flexibility index (Phi) is 8.35. The Balaban J connectivity index is 1.23. The van der Waals surface area contributed by atoms with Gasteiger partial charge in [0.25, 0.3) is 0 Å². The molecule has 0 radical (unpaired) electrons. The molecule has 5 rings (SSSR count). The molecule has 1 unspecified atom stereocenters. The Hall–Kier alpha value is -3.29. The molecule has 2 aromatic carbocycles. The zero-order chi connectivity index (χ0) is 26.5. The smallest absolute Gasteiger partial charge is 0.230 e. The fourth-order valence-corrected chi connectivity index (χ4v) is 5.79. The Bertz CT molecular complexity index is 1180. The second-order valence-electron chi connectivity index (χ2n) is 10.5. The monoisotopic (exact) mass is 516 g/mol. The van der Waals surface area contributed by atoms with E-state index in [-0.39, 0.29) is 5.91 Å². The van der Waals surface area contributed by atoms with Crippen LogP contribution in [0.1, 0.15) is 30.4 Å². The Morgan fingerprint density at radius 3 is 2.47 bits per heavy atom. The van der Waals surface area contributed by atoms with Crippen LogP contribution in [0.4, 0.5) is 5.69 Å². The van der Waals surface area contributed by atoms with Crippen molar-refractivity contribution in [1.82, 2.24) is 14.7 Å². The number of carbonyl (C=O) groups excluding carboxylic acids is 1. The highest BCUT2D eigenvalue weighted by molar-refractivity contribution is 5.80. The lowest BCUT2D eigenvalue weighted by Crippen LogP contribution is -2.51. The van der Waals surface area contributed by atoms with Gasteiger partial charge >= 0.3 is 0 Å². The fourth-order valence-electron chi connectivity index (χ4n) is 5.79. The molecule has 1 amide bonds. The summed E-state index contributed by atoms with van der Waals surface area (Å²) in [5.41, 5.74) is 5.82. The zero-order valence-electron chi connectivity index (χ0n) is 22.9. The minimum absolute atomic E-state index is 0.148. The van der Waals surface area contributed by atoms with Gasteiger partial charge in [-0.3, -0.25) is 9.69 Å². The SMILES string of the molecule is COC1=C2CCN(C(=O)Cc3ccc(NCc4cccc(OC)c4)cc3)C=C2C(N2CCN(C)CC2)CC1. The van der Waals surface area contributed by atoms with E-state index in [1.54, 1.807) is 14.2 Å². The molecule has 1 N–H and O–H groups in total. The van der Waals surface area contributed by atoms with Crippen molar-refractivity contribution in [3.05, 3.63) is 82.8 Å². The van der Waals surface area contributed by atoms with Crippen LogP contribution in [-0.2, 0) is 22.5 Å². The normalized spacial score (nSPS) is 20.6. The number of anilines is 1. The molecule has 0 aromatic heterocycles. The predicted molar refractivity (Wildman–Crippen MR) is 151 cm³/mol. The van der Waals surface area contributed by atoms with Crippen LogP contribution in [0, 0.1) is 0 Å². The average molecular weight is 517 g/mol. The second-order valence-corrected chi connectivity index (χ2v) is 10.5. The van der Waals surface area contributed by atoms with E-state index >= 15 is 0 Å². The first-order valence-electron chi connectivity index (χ1n) is 13.7. The van der Waals surface area contributed by atoms with Gasteiger partial charge in [-0.1, -0.05) is 24.3 Å². The largest absolute Gasteiger partial charge is 0.501 e. The summed E-state index contributed by atoms with van der Waals surface area (Å²) in [5.74, 6) is 2.11. The van der Waals surface area contributed by atoms with Crippen molar-refractivity contribution in [2.75, 3.05) is 59.3 Å². The number of nitrogens with zero attached hydrogens (tertiary/aromatic N) is 3. The van der Waals surface area contributed by atoms with E-state index in [1.165, 1.54) is 11.1 Å². The molecule has 202 valence electrons. The summed E-state index contributed by atoms with van der Waals surface area (Å²) in [7, 11) is 5.65. The van der Waals surface area contributed by atoms with E-state index < -0.39 is 0 Å². The Morgan fingerprint density at radius 1 is 0.947 bits per heavy atom. The van der Waals surface area contributed by atoms with Gasteiger partial charge in [-0.2, -0.15) is 0 Å². The molecule has 0 saturated carbocycles. The summed E-state index contributed by atoms with van der Waals surface area (Å²) in [6, 6.07) is 16.6. The summed E-state index contributed by atoms with van der Waals surface area (Å²) >= 11 is 0. The first kappa shape index (κ1) is 26.3. The van der Waals surface area contributed by atoms with Gasteiger partial charge in [0.2, 0.25) is 5.91 Å². The number of piperazine rings is 1. The zero-order valence-corrected chi connectivity index (χ0v) is 22.9. The third kappa shape index (κ3) is 6.05. The van der Waals surface area contributed by atoms with Gasteiger partial charge < -0.3 is 24.6 Å². The quantitative estimate of drug-likeness (QED) is 0.566. The van der Waals surface area contributed by atoms with Crippen LogP contribution >= 0.6 is 0 Å². The van der Waals surface area contributed by atoms with Crippen molar-refractivity contribution in [1.29, 1.82) is 0 Å². The van der Waals surface area contributed by atoms with E-state index in [0.29, 0.717) is 25.6 Å². The maximum absolute atomic E-state index is 13.4. The lowest BCUT2D eigenvalue weighted by Gasteiger charge is -2.43. The molecule has 3 aliphatic rings. The molecule has 1 fully saturated rings. The number of methoxy groups -OCH3 is 2. The first-order valence-corrected chi connectivity index (χ1v) is 13.7.